The van der Waals surface area contributed by atoms with Gasteiger partial charge in [-0.15, -0.1) is 0 Å². The summed E-state index contributed by atoms with van der Waals surface area (Å²) in [6.07, 6.45) is 0.615. The first kappa shape index (κ1) is 28.0. The molecule has 35 heavy (non-hydrogen) atoms. The molecule has 0 atom stereocenters. The van der Waals surface area contributed by atoms with Crippen molar-refractivity contribution in [2.24, 2.45) is 0 Å². The Kier molecular flexibility index (Phi) is 9.55. The van der Waals surface area contributed by atoms with Gasteiger partial charge in [0.1, 0.15) is 11.4 Å². The molecule has 0 aliphatic rings. The molecule has 0 aliphatic heterocycles. The molecule has 1 N–H and O–H groups in total. The monoisotopic (exact) mass is 513 g/mol. The third-order valence-corrected chi connectivity index (χ3v) is 4.85. The molecule has 1 aromatic heterocycles. The number of hydrogen-bond donors (Lipinski definition) is 1. The molecule has 0 spiro atoms. The highest BCUT2D eigenvalue weighted by Gasteiger charge is 2.34. The molecule has 0 saturated carbocycles. The summed E-state index contributed by atoms with van der Waals surface area (Å²) < 4.78 is 25.6. The number of aliphatic hydroxyl groups excluding tert-OH is 1. The van der Waals surface area contributed by atoms with E-state index in [2.05, 4.69) is 9.97 Å². The Labute approximate surface area is 207 Å². The topological polar surface area (TPSA) is 131 Å². The SMILES string of the molecule is CCCCOc1nc(Cl)c([N+](=O)[O-])c(N(Cc2cc(CO)ccc2F)N(C)C(=O)OC(C)(C)C)n1. The molecule has 0 unspecified atom stereocenters. The van der Waals surface area contributed by atoms with Crippen molar-refractivity contribution in [2.75, 3.05) is 18.7 Å². The maximum absolute atomic E-state index is 14.7. The molecule has 2 aromatic rings. The van der Waals surface area contributed by atoms with Crippen LogP contribution in [0.1, 0.15) is 51.7 Å². The van der Waals surface area contributed by atoms with Gasteiger partial charge in [-0.05, 0) is 44.9 Å². The van der Waals surface area contributed by atoms with Crippen LogP contribution in [0.4, 0.5) is 20.7 Å². The number of carbonyl (C=O) groups excluding carboxylic acids is 1. The maximum atomic E-state index is 14.7. The fraction of sp³-hybridized carbons (Fsp3) is 0.500. The third-order valence-electron chi connectivity index (χ3n) is 4.59. The number of benzene rings is 1. The van der Waals surface area contributed by atoms with Gasteiger partial charge in [-0.2, -0.15) is 9.97 Å². The zero-order chi connectivity index (χ0) is 26.3. The van der Waals surface area contributed by atoms with Crippen molar-refractivity contribution in [3.63, 3.8) is 0 Å². The summed E-state index contributed by atoms with van der Waals surface area (Å²) in [4.78, 5) is 32.0. The van der Waals surface area contributed by atoms with Crippen molar-refractivity contribution in [1.29, 1.82) is 0 Å². The van der Waals surface area contributed by atoms with Gasteiger partial charge in [0.15, 0.2) is 0 Å². The van der Waals surface area contributed by atoms with E-state index in [1.165, 1.54) is 19.2 Å². The van der Waals surface area contributed by atoms with Gasteiger partial charge in [0.05, 0.1) is 24.7 Å². The van der Waals surface area contributed by atoms with Crippen LogP contribution in [0.2, 0.25) is 5.15 Å². The quantitative estimate of drug-likeness (QED) is 0.209. The van der Waals surface area contributed by atoms with Crippen LogP contribution in [0, 0.1) is 15.9 Å². The highest BCUT2D eigenvalue weighted by molar-refractivity contribution is 6.32. The second-order valence-corrected chi connectivity index (χ2v) is 8.93. The molecular formula is C22H29ClFN5O6. The van der Waals surface area contributed by atoms with Crippen LogP contribution in [0.15, 0.2) is 18.2 Å². The summed E-state index contributed by atoms with van der Waals surface area (Å²) in [5.41, 5.74) is -1.16. The first-order chi connectivity index (χ1) is 16.4. The Balaban J connectivity index is 2.66. The van der Waals surface area contributed by atoms with Crippen LogP contribution in [-0.4, -0.2) is 50.4 Å². The van der Waals surface area contributed by atoms with Crippen molar-refractivity contribution in [1.82, 2.24) is 15.0 Å². The number of nitrogens with zero attached hydrogens (tertiary/aromatic N) is 5. The molecule has 0 bridgehead atoms. The van der Waals surface area contributed by atoms with E-state index in [1.54, 1.807) is 20.8 Å². The smallest absolute Gasteiger partial charge is 0.429 e. The van der Waals surface area contributed by atoms with Gasteiger partial charge < -0.3 is 14.6 Å². The number of carbonyl (C=O) groups is 1. The Hall–Kier alpha value is -3.25. The minimum absolute atomic E-state index is 0.0319. The molecule has 0 aliphatic carbocycles. The number of hydrazine groups is 1. The van der Waals surface area contributed by atoms with Crippen molar-refractivity contribution < 1.29 is 28.7 Å². The lowest BCUT2D eigenvalue weighted by molar-refractivity contribution is -0.384. The molecule has 1 heterocycles. The number of hydrogen-bond acceptors (Lipinski definition) is 9. The van der Waals surface area contributed by atoms with Crippen molar-refractivity contribution >= 4 is 29.2 Å². The lowest BCUT2D eigenvalue weighted by atomic mass is 10.1. The van der Waals surface area contributed by atoms with Gasteiger partial charge in [-0.3, -0.25) is 15.1 Å². The summed E-state index contributed by atoms with van der Waals surface area (Å²) in [6, 6.07) is 3.67. The lowest BCUT2D eigenvalue weighted by Gasteiger charge is -2.34. The number of nitro groups is 1. The normalized spacial score (nSPS) is 11.2. The van der Waals surface area contributed by atoms with Gasteiger partial charge in [-0.1, -0.05) is 31.0 Å². The second kappa shape index (κ2) is 11.9. The van der Waals surface area contributed by atoms with E-state index in [-0.39, 0.29) is 24.8 Å². The van der Waals surface area contributed by atoms with Crippen LogP contribution >= 0.6 is 11.6 Å². The molecular weight excluding hydrogens is 485 g/mol. The highest BCUT2D eigenvalue weighted by Crippen LogP contribution is 2.36. The predicted molar refractivity (Wildman–Crippen MR) is 127 cm³/mol. The van der Waals surface area contributed by atoms with Crippen LogP contribution in [0.3, 0.4) is 0 Å². The van der Waals surface area contributed by atoms with Gasteiger partial charge >= 0.3 is 17.8 Å². The van der Waals surface area contributed by atoms with E-state index in [4.69, 9.17) is 21.1 Å². The van der Waals surface area contributed by atoms with E-state index in [0.717, 1.165) is 22.5 Å². The average Bonchev–Trinajstić information content (AvgIpc) is 2.76. The molecule has 2 rings (SSSR count). The van der Waals surface area contributed by atoms with Gasteiger partial charge in [0.2, 0.25) is 11.0 Å². The summed E-state index contributed by atoms with van der Waals surface area (Å²) in [6.45, 7) is 6.39. The first-order valence-corrected chi connectivity index (χ1v) is 11.2. The standard InChI is InChI=1S/C22H29ClFN5O6/c1-6-7-10-34-20-25-18(23)17(29(32)33)19(26-20)28(27(5)21(31)35-22(2,3)4)12-15-11-14(13-30)8-9-16(15)24/h8-9,11,30H,6-7,10,12-13H2,1-5H3. The van der Waals surface area contributed by atoms with E-state index in [0.29, 0.717) is 12.0 Å². The maximum Gasteiger partial charge on any atom is 0.429 e. The predicted octanol–water partition coefficient (Wildman–Crippen LogP) is 4.64. The third kappa shape index (κ3) is 7.62. The number of ether oxygens (including phenoxy) is 2. The molecule has 1 amide bonds. The number of rotatable bonds is 10. The van der Waals surface area contributed by atoms with Gasteiger partial charge in [-0.25, -0.2) is 14.2 Å². The number of amides is 1. The molecule has 0 radical (unpaired) electrons. The van der Waals surface area contributed by atoms with Crippen LogP contribution in [0.5, 0.6) is 6.01 Å². The zero-order valence-corrected chi connectivity index (χ0v) is 21.0. The van der Waals surface area contributed by atoms with Crippen molar-refractivity contribution in [3.05, 3.63) is 50.4 Å². The largest absolute Gasteiger partial charge is 0.463 e. The number of anilines is 1. The first-order valence-electron chi connectivity index (χ1n) is 10.8. The van der Waals surface area contributed by atoms with Crippen LogP contribution < -0.4 is 9.75 Å². The summed E-state index contributed by atoms with van der Waals surface area (Å²) in [5, 5.41) is 22.8. The number of halogens is 2. The second-order valence-electron chi connectivity index (χ2n) is 8.57. The van der Waals surface area contributed by atoms with Crippen LogP contribution in [0.25, 0.3) is 0 Å². The molecule has 1 aromatic carbocycles. The number of aromatic nitrogens is 2. The molecule has 11 nitrogen and oxygen atoms in total. The Morgan fingerprint density at radius 3 is 2.57 bits per heavy atom. The van der Waals surface area contributed by atoms with E-state index in [9.17, 15) is 24.4 Å². The number of aliphatic hydroxyl groups is 1. The van der Waals surface area contributed by atoms with E-state index >= 15 is 0 Å². The molecule has 0 fully saturated rings. The van der Waals surface area contributed by atoms with E-state index in [1.807, 2.05) is 6.92 Å². The number of unbranched alkanes of at least 4 members (excludes halogenated alkanes) is 1. The fourth-order valence-corrected chi connectivity index (χ4v) is 3.09. The van der Waals surface area contributed by atoms with Crippen LogP contribution in [-0.2, 0) is 17.9 Å². The molecule has 13 heteroatoms. The Morgan fingerprint density at radius 2 is 2.00 bits per heavy atom. The Morgan fingerprint density at radius 1 is 1.31 bits per heavy atom. The summed E-state index contributed by atoms with van der Waals surface area (Å²) in [5.74, 6) is -1.06. The van der Waals surface area contributed by atoms with Crippen molar-refractivity contribution in [2.45, 2.75) is 59.3 Å². The minimum Gasteiger partial charge on any atom is -0.463 e. The zero-order valence-electron chi connectivity index (χ0n) is 20.2. The molecule has 0 saturated heterocycles. The van der Waals surface area contributed by atoms with Gasteiger partial charge in [0, 0.05) is 12.6 Å². The van der Waals surface area contributed by atoms with E-state index < -0.39 is 45.6 Å². The highest BCUT2D eigenvalue weighted by atomic mass is 35.5. The summed E-state index contributed by atoms with van der Waals surface area (Å²) >= 11 is 6.12. The Bertz CT molecular complexity index is 1070. The minimum atomic E-state index is -0.886. The summed E-state index contributed by atoms with van der Waals surface area (Å²) in [7, 11) is 1.29. The lowest BCUT2D eigenvalue weighted by Crippen LogP contribution is -2.46. The average molecular weight is 514 g/mol. The van der Waals surface area contributed by atoms with Crippen molar-refractivity contribution in [3.8, 4) is 6.01 Å². The fourth-order valence-electron chi connectivity index (χ4n) is 2.87. The molecule has 192 valence electrons. The van der Waals surface area contributed by atoms with Gasteiger partial charge in [0.25, 0.3) is 0 Å².